The third-order valence-electron chi connectivity index (χ3n) is 2.43. The van der Waals surface area contributed by atoms with Crippen LogP contribution in [0.1, 0.15) is 0 Å². The third-order valence-corrected chi connectivity index (χ3v) is 2.73. The Balaban J connectivity index is 2.41. The van der Waals surface area contributed by atoms with Crippen molar-refractivity contribution in [3.8, 4) is 0 Å². The molecule has 8 nitrogen and oxygen atoms in total. The Hall–Kier alpha value is -2.74. The molecule has 2 rings (SSSR count). The van der Waals surface area contributed by atoms with Crippen LogP contribution < -0.4 is 10.6 Å². The maximum atomic E-state index is 11.3. The third kappa shape index (κ3) is 3.42. The number of anilines is 3. The Kier molecular flexibility index (Phi) is 4.62. The molecule has 0 aliphatic rings. The number of aromatic nitrogens is 3. The van der Waals surface area contributed by atoms with Crippen LogP contribution in [0.2, 0.25) is 5.15 Å². The van der Waals surface area contributed by atoms with Crippen molar-refractivity contribution in [1.29, 1.82) is 0 Å². The van der Waals surface area contributed by atoms with Gasteiger partial charge in [0.1, 0.15) is 6.33 Å². The van der Waals surface area contributed by atoms with Gasteiger partial charge in [0.05, 0.1) is 10.6 Å². The lowest BCUT2D eigenvalue weighted by Crippen LogP contribution is -2.08. The Morgan fingerprint density at radius 1 is 1.38 bits per heavy atom. The highest BCUT2D eigenvalue weighted by Gasteiger charge is 2.23. The summed E-state index contributed by atoms with van der Waals surface area (Å²) in [6, 6.07) is 3.29. The fraction of sp³-hybridized carbons (Fsp3) is 0.0833. The van der Waals surface area contributed by atoms with E-state index in [4.69, 9.17) is 11.6 Å². The van der Waals surface area contributed by atoms with Gasteiger partial charge in [-0.05, 0) is 12.1 Å². The first-order valence-electron chi connectivity index (χ1n) is 5.85. The highest BCUT2D eigenvalue weighted by molar-refractivity contribution is 6.32. The molecule has 0 spiro atoms. The molecule has 0 aliphatic heterocycles. The highest BCUT2D eigenvalue weighted by Crippen LogP contribution is 2.32. The van der Waals surface area contributed by atoms with Crippen LogP contribution in [-0.4, -0.2) is 26.4 Å². The number of halogens is 1. The lowest BCUT2D eigenvalue weighted by atomic mass is 10.3. The molecule has 21 heavy (non-hydrogen) atoms. The number of hydrogen-bond donors (Lipinski definition) is 2. The van der Waals surface area contributed by atoms with E-state index in [1.807, 2.05) is 0 Å². The predicted molar refractivity (Wildman–Crippen MR) is 79.9 cm³/mol. The lowest BCUT2D eigenvalue weighted by Gasteiger charge is -2.09. The molecule has 2 heterocycles. The van der Waals surface area contributed by atoms with Crippen molar-refractivity contribution in [3.05, 3.63) is 52.6 Å². The van der Waals surface area contributed by atoms with Gasteiger partial charge in [-0.1, -0.05) is 17.7 Å². The molecule has 2 N–H and O–H groups in total. The van der Waals surface area contributed by atoms with Crippen molar-refractivity contribution in [2.45, 2.75) is 0 Å². The zero-order valence-electron chi connectivity index (χ0n) is 10.8. The molecular formula is C12H11ClN6O2. The zero-order valence-corrected chi connectivity index (χ0v) is 11.5. The fourth-order valence-electron chi connectivity index (χ4n) is 1.55. The number of nitrogens with one attached hydrogen (secondary N) is 2. The van der Waals surface area contributed by atoms with Gasteiger partial charge < -0.3 is 10.6 Å². The lowest BCUT2D eigenvalue weighted by molar-refractivity contribution is -0.383. The summed E-state index contributed by atoms with van der Waals surface area (Å²) in [6.45, 7) is 3.87. The molecule has 0 atom stereocenters. The summed E-state index contributed by atoms with van der Waals surface area (Å²) in [6.07, 6.45) is 4.29. The van der Waals surface area contributed by atoms with Gasteiger partial charge >= 0.3 is 5.69 Å². The first-order valence-corrected chi connectivity index (χ1v) is 6.23. The van der Waals surface area contributed by atoms with Crippen molar-refractivity contribution < 1.29 is 4.92 Å². The predicted octanol–water partition coefficient (Wildman–Crippen LogP) is 2.77. The second-order valence-electron chi connectivity index (χ2n) is 3.81. The van der Waals surface area contributed by atoms with Gasteiger partial charge in [0.2, 0.25) is 11.6 Å². The summed E-state index contributed by atoms with van der Waals surface area (Å²) in [4.78, 5) is 22.3. The summed E-state index contributed by atoms with van der Waals surface area (Å²) in [7, 11) is 0. The Bertz CT molecular complexity index is 679. The van der Waals surface area contributed by atoms with Gasteiger partial charge in [0.25, 0.3) is 0 Å². The average molecular weight is 307 g/mol. The van der Waals surface area contributed by atoms with Crippen LogP contribution in [0.4, 0.5) is 23.0 Å². The van der Waals surface area contributed by atoms with E-state index < -0.39 is 4.92 Å². The van der Waals surface area contributed by atoms with E-state index in [0.29, 0.717) is 12.2 Å². The number of hydrogen-bond acceptors (Lipinski definition) is 7. The van der Waals surface area contributed by atoms with Crippen LogP contribution in [-0.2, 0) is 0 Å². The molecule has 0 saturated heterocycles. The molecule has 0 bridgehead atoms. The van der Waals surface area contributed by atoms with Gasteiger partial charge in [-0.25, -0.2) is 15.0 Å². The number of pyridine rings is 1. The van der Waals surface area contributed by atoms with E-state index in [2.05, 4.69) is 32.2 Å². The molecule has 2 aromatic heterocycles. The zero-order chi connectivity index (χ0) is 15.2. The minimum absolute atomic E-state index is 0.0245. The van der Waals surface area contributed by atoms with Gasteiger partial charge in [0, 0.05) is 12.7 Å². The van der Waals surface area contributed by atoms with Crippen LogP contribution in [0.15, 0.2) is 37.3 Å². The molecule has 0 aliphatic carbocycles. The topological polar surface area (TPSA) is 106 Å². The van der Waals surface area contributed by atoms with Crippen LogP contribution in [0.5, 0.6) is 0 Å². The molecule has 0 amide bonds. The van der Waals surface area contributed by atoms with Crippen LogP contribution in [0, 0.1) is 10.1 Å². The van der Waals surface area contributed by atoms with Gasteiger partial charge in [-0.3, -0.25) is 10.1 Å². The summed E-state index contributed by atoms with van der Waals surface area (Å²) < 4.78 is 0. The van der Waals surface area contributed by atoms with Crippen molar-refractivity contribution >= 4 is 34.6 Å². The van der Waals surface area contributed by atoms with Crippen molar-refractivity contribution in [1.82, 2.24) is 15.0 Å². The van der Waals surface area contributed by atoms with Gasteiger partial charge in [0.15, 0.2) is 5.15 Å². The van der Waals surface area contributed by atoms with Crippen LogP contribution in [0.3, 0.4) is 0 Å². The normalized spacial score (nSPS) is 9.95. The highest BCUT2D eigenvalue weighted by atomic mass is 35.5. The maximum Gasteiger partial charge on any atom is 0.353 e. The summed E-state index contributed by atoms with van der Waals surface area (Å²) in [5.41, 5.74) is 0.134. The Labute approximate surface area is 125 Å². The molecule has 0 fully saturated rings. The van der Waals surface area contributed by atoms with E-state index in [-0.39, 0.29) is 22.5 Å². The first kappa shape index (κ1) is 14.7. The van der Waals surface area contributed by atoms with Crippen molar-refractivity contribution in [3.63, 3.8) is 0 Å². The molecule has 0 aromatic carbocycles. The molecule has 0 radical (unpaired) electrons. The smallest absolute Gasteiger partial charge is 0.353 e. The number of nitrogens with zero attached hydrogens (tertiary/aromatic N) is 4. The largest absolute Gasteiger partial charge is 0.361 e. The van der Waals surface area contributed by atoms with Gasteiger partial charge in [-0.2, -0.15) is 0 Å². The van der Waals surface area contributed by atoms with Crippen molar-refractivity contribution in [2.75, 3.05) is 17.2 Å². The maximum absolute atomic E-state index is 11.3. The second kappa shape index (κ2) is 6.62. The second-order valence-corrected chi connectivity index (χ2v) is 4.17. The molecule has 0 saturated carbocycles. The minimum atomic E-state index is -0.571. The molecule has 9 heteroatoms. The van der Waals surface area contributed by atoms with E-state index in [1.165, 1.54) is 12.5 Å². The first-order chi connectivity index (χ1) is 10.1. The molecule has 2 aromatic rings. The fourth-order valence-corrected chi connectivity index (χ4v) is 1.71. The summed E-state index contributed by atoms with van der Waals surface area (Å²) in [5, 5.41) is 17.0. The minimum Gasteiger partial charge on any atom is -0.361 e. The molecular weight excluding hydrogens is 296 g/mol. The standard InChI is InChI=1S/C12H11ClN6O2/c1-2-5-15-11-9(19(20)21)12(17-7-16-11)18-8-4-3-6-14-10(8)13/h2-4,6-7H,1,5H2,(H2,15,16,17,18). The van der Waals surface area contributed by atoms with Crippen LogP contribution in [0.25, 0.3) is 0 Å². The Morgan fingerprint density at radius 3 is 2.81 bits per heavy atom. The van der Waals surface area contributed by atoms with E-state index in [9.17, 15) is 10.1 Å². The van der Waals surface area contributed by atoms with Crippen LogP contribution >= 0.6 is 11.6 Å². The van der Waals surface area contributed by atoms with E-state index in [0.717, 1.165) is 0 Å². The van der Waals surface area contributed by atoms with Crippen molar-refractivity contribution in [2.24, 2.45) is 0 Å². The SMILES string of the molecule is C=CCNc1ncnc(Nc2cccnc2Cl)c1[N+](=O)[O-]. The quantitative estimate of drug-likeness (QED) is 0.366. The average Bonchev–Trinajstić information content (AvgIpc) is 2.47. The summed E-state index contributed by atoms with van der Waals surface area (Å²) >= 11 is 5.91. The van der Waals surface area contributed by atoms with E-state index in [1.54, 1.807) is 18.2 Å². The monoisotopic (exact) mass is 306 g/mol. The molecule has 108 valence electrons. The Morgan fingerprint density at radius 2 is 2.14 bits per heavy atom. The number of rotatable bonds is 6. The van der Waals surface area contributed by atoms with E-state index >= 15 is 0 Å². The van der Waals surface area contributed by atoms with Gasteiger partial charge in [-0.15, -0.1) is 6.58 Å². The summed E-state index contributed by atoms with van der Waals surface area (Å²) in [5.74, 6) is 0.119. The number of nitro groups is 1. The molecule has 0 unspecified atom stereocenters.